The molecule has 1 saturated heterocycles. The lowest BCUT2D eigenvalue weighted by molar-refractivity contribution is -0.206. The van der Waals surface area contributed by atoms with Crippen molar-refractivity contribution in [2.24, 2.45) is 5.92 Å². The number of methoxy groups -OCH3 is 1. The molecule has 0 radical (unpaired) electrons. The number of ether oxygens (including phenoxy) is 3. The van der Waals surface area contributed by atoms with Gasteiger partial charge in [0.1, 0.15) is 5.75 Å². The van der Waals surface area contributed by atoms with E-state index in [2.05, 4.69) is 6.92 Å². The van der Waals surface area contributed by atoms with Gasteiger partial charge >= 0.3 is 0 Å². The van der Waals surface area contributed by atoms with Crippen LogP contribution in [0.5, 0.6) is 5.75 Å². The van der Waals surface area contributed by atoms with Crippen molar-refractivity contribution in [1.29, 1.82) is 0 Å². The Kier molecular flexibility index (Phi) is 4.40. The summed E-state index contributed by atoms with van der Waals surface area (Å²) >= 11 is 0. The van der Waals surface area contributed by atoms with E-state index < -0.39 is 0 Å². The Morgan fingerprint density at radius 3 is 2.59 bits per heavy atom. The number of hydrogen-bond acceptors (Lipinski definition) is 3. The summed E-state index contributed by atoms with van der Waals surface area (Å²) in [6.45, 7) is 3.74. The molecule has 17 heavy (non-hydrogen) atoms. The second-order valence-corrected chi connectivity index (χ2v) is 4.40. The summed E-state index contributed by atoms with van der Waals surface area (Å²) in [7, 11) is 1.67. The highest BCUT2D eigenvalue weighted by Crippen LogP contribution is 2.32. The predicted molar refractivity (Wildman–Crippen MR) is 66.0 cm³/mol. The molecule has 1 aliphatic heterocycles. The van der Waals surface area contributed by atoms with Gasteiger partial charge in [0, 0.05) is 11.5 Å². The molecule has 0 aliphatic carbocycles. The predicted octanol–water partition coefficient (Wildman–Crippen LogP) is 3.16. The molecule has 0 atom stereocenters. The molecule has 0 bridgehead atoms. The van der Waals surface area contributed by atoms with E-state index in [0.29, 0.717) is 5.92 Å². The molecule has 0 amide bonds. The van der Waals surface area contributed by atoms with E-state index in [-0.39, 0.29) is 6.29 Å². The molecule has 0 aromatic heterocycles. The second kappa shape index (κ2) is 6.03. The Morgan fingerprint density at radius 2 is 1.94 bits per heavy atom. The average Bonchev–Trinajstić information content (AvgIpc) is 2.40. The van der Waals surface area contributed by atoms with Gasteiger partial charge in [-0.25, -0.2) is 0 Å². The summed E-state index contributed by atoms with van der Waals surface area (Å²) in [5.74, 6) is 1.36. The third kappa shape index (κ3) is 2.99. The van der Waals surface area contributed by atoms with Gasteiger partial charge in [-0.05, 0) is 12.5 Å². The van der Waals surface area contributed by atoms with Crippen molar-refractivity contribution in [3.63, 3.8) is 0 Å². The van der Waals surface area contributed by atoms with Crippen molar-refractivity contribution in [2.75, 3.05) is 20.3 Å². The van der Waals surface area contributed by atoms with Crippen molar-refractivity contribution < 1.29 is 14.2 Å². The molecule has 1 fully saturated rings. The van der Waals surface area contributed by atoms with E-state index in [1.54, 1.807) is 7.11 Å². The number of hydrogen-bond donors (Lipinski definition) is 0. The van der Waals surface area contributed by atoms with Gasteiger partial charge < -0.3 is 14.2 Å². The molecule has 1 aromatic carbocycles. The van der Waals surface area contributed by atoms with E-state index in [9.17, 15) is 0 Å². The number of rotatable bonds is 4. The first-order chi connectivity index (χ1) is 8.35. The smallest absolute Gasteiger partial charge is 0.187 e. The summed E-state index contributed by atoms with van der Waals surface area (Å²) in [4.78, 5) is 0. The minimum atomic E-state index is -0.278. The minimum Gasteiger partial charge on any atom is -0.496 e. The van der Waals surface area contributed by atoms with Gasteiger partial charge in [-0.2, -0.15) is 0 Å². The van der Waals surface area contributed by atoms with E-state index in [1.807, 2.05) is 24.3 Å². The van der Waals surface area contributed by atoms with Crippen LogP contribution in [0.4, 0.5) is 0 Å². The summed E-state index contributed by atoms with van der Waals surface area (Å²) < 4.78 is 16.9. The summed E-state index contributed by atoms with van der Waals surface area (Å²) in [5, 5.41) is 0. The van der Waals surface area contributed by atoms with E-state index in [0.717, 1.165) is 24.5 Å². The van der Waals surface area contributed by atoms with Crippen molar-refractivity contribution >= 4 is 0 Å². The first kappa shape index (κ1) is 12.4. The first-order valence-corrected chi connectivity index (χ1v) is 6.21. The molecule has 0 spiro atoms. The van der Waals surface area contributed by atoms with Crippen LogP contribution in [0.25, 0.3) is 0 Å². The molecule has 3 heteroatoms. The highest BCUT2D eigenvalue weighted by molar-refractivity contribution is 5.34. The van der Waals surface area contributed by atoms with Gasteiger partial charge in [0.25, 0.3) is 0 Å². The Bertz CT molecular complexity index is 343. The third-order valence-electron chi connectivity index (χ3n) is 3.06. The van der Waals surface area contributed by atoms with Crippen LogP contribution in [0, 0.1) is 5.92 Å². The van der Waals surface area contributed by atoms with Gasteiger partial charge in [-0.15, -0.1) is 0 Å². The monoisotopic (exact) mass is 236 g/mol. The lowest BCUT2D eigenvalue weighted by atomic mass is 10.1. The van der Waals surface area contributed by atoms with E-state index in [1.165, 1.54) is 12.8 Å². The topological polar surface area (TPSA) is 27.7 Å². The Morgan fingerprint density at radius 1 is 1.24 bits per heavy atom. The molecule has 1 heterocycles. The quantitative estimate of drug-likeness (QED) is 0.803. The number of benzene rings is 1. The molecule has 94 valence electrons. The standard InChI is InChI=1S/C14H20O3/c1-3-6-11-9-16-14(17-10-11)12-7-4-5-8-13(12)15-2/h4-5,7-8,11,14H,3,6,9-10H2,1-2H3. The van der Waals surface area contributed by atoms with Crippen molar-refractivity contribution in [3.05, 3.63) is 29.8 Å². The molecule has 1 aliphatic rings. The fourth-order valence-electron chi connectivity index (χ4n) is 2.16. The fraction of sp³-hybridized carbons (Fsp3) is 0.571. The first-order valence-electron chi connectivity index (χ1n) is 6.21. The molecule has 2 rings (SSSR count). The molecule has 3 nitrogen and oxygen atoms in total. The summed E-state index contributed by atoms with van der Waals surface area (Å²) in [5.41, 5.74) is 0.977. The molecular weight excluding hydrogens is 216 g/mol. The van der Waals surface area contributed by atoms with Crippen molar-refractivity contribution in [1.82, 2.24) is 0 Å². The van der Waals surface area contributed by atoms with Crippen LogP contribution >= 0.6 is 0 Å². The average molecular weight is 236 g/mol. The van der Waals surface area contributed by atoms with E-state index in [4.69, 9.17) is 14.2 Å². The molecule has 0 saturated carbocycles. The summed E-state index contributed by atoms with van der Waals surface area (Å²) in [6, 6.07) is 7.84. The molecular formula is C14H20O3. The zero-order valence-corrected chi connectivity index (χ0v) is 10.5. The highest BCUT2D eigenvalue weighted by Gasteiger charge is 2.24. The minimum absolute atomic E-state index is 0.278. The molecule has 1 aromatic rings. The largest absolute Gasteiger partial charge is 0.496 e. The van der Waals surface area contributed by atoms with Crippen LogP contribution in [-0.2, 0) is 9.47 Å². The van der Waals surface area contributed by atoms with Crippen LogP contribution in [0.2, 0.25) is 0 Å². The maximum atomic E-state index is 5.77. The van der Waals surface area contributed by atoms with Gasteiger partial charge in [0.2, 0.25) is 0 Å². The molecule has 0 N–H and O–H groups in total. The second-order valence-electron chi connectivity index (χ2n) is 4.40. The lowest BCUT2D eigenvalue weighted by Crippen LogP contribution is -2.27. The van der Waals surface area contributed by atoms with E-state index >= 15 is 0 Å². The van der Waals surface area contributed by atoms with Gasteiger partial charge in [-0.1, -0.05) is 31.5 Å². The van der Waals surface area contributed by atoms with Crippen LogP contribution in [-0.4, -0.2) is 20.3 Å². The lowest BCUT2D eigenvalue weighted by Gasteiger charge is -2.30. The Labute approximate surface area is 103 Å². The van der Waals surface area contributed by atoms with Crippen LogP contribution < -0.4 is 4.74 Å². The highest BCUT2D eigenvalue weighted by atomic mass is 16.7. The zero-order valence-electron chi connectivity index (χ0n) is 10.5. The van der Waals surface area contributed by atoms with Gasteiger partial charge in [-0.3, -0.25) is 0 Å². The zero-order chi connectivity index (χ0) is 12.1. The van der Waals surface area contributed by atoms with Gasteiger partial charge in [0.15, 0.2) is 6.29 Å². The van der Waals surface area contributed by atoms with Crippen molar-refractivity contribution in [3.8, 4) is 5.75 Å². The number of para-hydroxylation sites is 1. The maximum absolute atomic E-state index is 5.77. The third-order valence-corrected chi connectivity index (χ3v) is 3.06. The molecule has 0 unspecified atom stereocenters. The SMILES string of the molecule is CCCC1COC(c2ccccc2OC)OC1. The van der Waals surface area contributed by atoms with Crippen LogP contribution in [0.15, 0.2) is 24.3 Å². The normalized spacial score (nSPS) is 24.6. The van der Waals surface area contributed by atoms with Crippen molar-refractivity contribution in [2.45, 2.75) is 26.1 Å². The van der Waals surface area contributed by atoms with Crippen LogP contribution in [0.3, 0.4) is 0 Å². The Hall–Kier alpha value is -1.06. The van der Waals surface area contributed by atoms with Crippen LogP contribution in [0.1, 0.15) is 31.6 Å². The fourth-order valence-corrected chi connectivity index (χ4v) is 2.16. The summed E-state index contributed by atoms with van der Waals surface area (Å²) in [6.07, 6.45) is 2.06. The Balaban J connectivity index is 2.00. The maximum Gasteiger partial charge on any atom is 0.187 e. The van der Waals surface area contributed by atoms with Gasteiger partial charge in [0.05, 0.1) is 20.3 Å².